The highest BCUT2D eigenvalue weighted by atomic mass is 79.9. The number of rotatable bonds is 5. The Labute approximate surface area is 137 Å². The molecule has 1 aromatic carbocycles. The Morgan fingerprint density at radius 3 is 2.71 bits per heavy atom. The first-order valence-electron chi connectivity index (χ1n) is 8.20. The summed E-state index contributed by atoms with van der Waals surface area (Å²) in [6, 6.07) is 6.70. The summed E-state index contributed by atoms with van der Waals surface area (Å²) >= 11 is 3.57. The zero-order valence-corrected chi connectivity index (χ0v) is 15.2. The van der Waals surface area contributed by atoms with Gasteiger partial charge in [0, 0.05) is 16.1 Å². The molecule has 21 heavy (non-hydrogen) atoms. The molecule has 0 aromatic heterocycles. The van der Waals surface area contributed by atoms with Crippen LogP contribution in [0.3, 0.4) is 0 Å². The summed E-state index contributed by atoms with van der Waals surface area (Å²) in [7, 11) is 0. The summed E-state index contributed by atoms with van der Waals surface area (Å²) in [4.78, 5) is 0. The normalized spacial score (nSPS) is 27.4. The van der Waals surface area contributed by atoms with E-state index in [9.17, 15) is 0 Å². The first kappa shape index (κ1) is 16.8. The van der Waals surface area contributed by atoms with E-state index in [0.29, 0.717) is 12.1 Å². The van der Waals surface area contributed by atoms with E-state index >= 15 is 0 Å². The van der Waals surface area contributed by atoms with Gasteiger partial charge in [-0.2, -0.15) is 0 Å². The summed E-state index contributed by atoms with van der Waals surface area (Å²) in [5, 5.41) is 3.48. The fourth-order valence-corrected chi connectivity index (χ4v) is 3.51. The van der Waals surface area contributed by atoms with Gasteiger partial charge in [-0.25, -0.2) is 0 Å². The fourth-order valence-electron chi connectivity index (χ4n) is 3.17. The summed E-state index contributed by atoms with van der Waals surface area (Å²) in [5.74, 6) is 2.61. The predicted octanol–water partition coefficient (Wildman–Crippen LogP) is 5.32. The first-order chi connectivity index (χ1) is 10.0. The van der Waals surface area contributed by atoms with Crippen LogP contribution in [0.5, 0.6) is 5.75 Å². The molecular weight excluding hydrogens is 326 g/mol. The van der Waals surface area contributed by atoms with Crippen molar-refractivity contribution < 1.29 is 4.74 Å². The van der Waals surface area contributed by atoms with Crippen LogP contribution in [-0.2, 0) is 0 Å². The highest BCUT2D eigenvalue weighted by Gasteiger charge is 2.26. The summed E-state index contributed by atoms with van der Waals surface area (Å²) in [6.45, 7) is 10.0. The third-order valence-electron chi connectivity index (χ3n) is 4.80. The van der Waals surface area contributed by atoms with E-state index in [1.54, 1.807) is 0 Å². The molecule has 3 heteroatoms. The zero-order valence-electron chi connectivity index (χ0n) is 13.7. The minimum atomic E-state index is 0.318. The van der Waals surface area contributed by atoms with E-state index in [2.05, 4.69) is 67.1 Å². The Morgan fingerprint density at radius 1 is 1.29 bits per heavy atom. The number of halogens is 1. The van der Waals surface area contributed by atoms with Crippen molar-refractivity contribution in [3.63, 3.8) is 0 Å². The van der Waals surface area contributed by atoms with Gasteiger partial charge in [0.2, 0.25) is 0 Å². The molecule has 0 radical (unpaired) electrons. The molecule has 0 heterocycles. The number of hydrogen-bond donors (Lipinski definition) is 1. The van der Waals surface area contributed by atoms with Crippen LogP contribution in [0, 0.1) is 11.8 Å². The maximum atomic E-state index is 6.38. The van der Waals surface area contributed by atoms with Crippen LogP contribution in [0.15, 0.2) is 22.7 Å². The van der Waals surface area contributed by atoms with Gasteiger partial charge < -0.3 is 10.1 Å². The minimum absolute atomic E-state index is 0.318. The minimum Gasteiger partial charge on any atom is -0.490 e. The van der Waals surface area contributed by atoms with Crippen LogP contribution in [0.1, 0.15) is 58.6 Å². The Balaban J connectivity index is 2.13. The topological polar surface area (TPSA) is 21.3 Å². The van der Waals surface area contributed by atoms with Gasteiger partial charge in [0.05, 0.1) is 6.10 Å². The fraction of sp³-hybridized carbons (Fsp3) is 0.667. The van der Waals surface area contributed by atoms with E-state index in [-0.39, 0.29) is 0 Å². The molecule has 1 N–H and O–H groups in total. The van der Waals surface area contributed by atoms with Crippen LogP contribution in [-0.4, -0.2) is 12.6 Å². The van der Waals surface area contributed by atoms with E-state index in [1.807, 2.05) is 0 Å². The van der Waals surface area contributed by atoms with Crippen molar-refractivity contribution >= 4 is 15.9 Å². The van der Waals surface area contributed by atoms with Gasteiger partial charge in [-0.3, -0.25) is 0 Å². The Bertz CT molecular complexity index is 463. The monoisotopic (exact) mass is 353 g/mol. The number of hydrogen-bond acceptors (Lipinski definition) is 2. The molecule has 0 spiro atoms. The lowest BCUT2D eigenvalue weighted by molar-refractivity contribution is 0.0991. The lowest BCUT2D eigenvalue weighted by Gasteiger charge is -2.33. The van der Waals surface area contributed by atoms with E-state index < -0.39 is 0 Å². The standard InChI is InChI=1S/C18H28BrNO/c1-5-20-14(4)17-9-7-15(19)11-18(17)21-16-8-6-12(2)13(3)10-16/h7,9,11-14,16,20H,5-6,8,10H2,1-4H3. The number of ether oxygens (including phenoxy) is 1. The Hall–Kier alpha value is -0.540. The van der Waals surface area contributed by atoms with Gasteiger partial charge in [0.15, 0.2) is 0 Å². The Morgan fingerprint density at radius 2 is 2.05 bits per heavy atom. The molecule has 0 saturated heterocycles. The second-order valence-corrected chi connectivity index (χ2v) is 7.38. The summed E-state index contributed by atoms with van der Waals surface area (Å²) in [5.41, 5.74) is 1.26. The van der Waals surface area contributed by atoms with Crippen LogP contribution in [0.25, 0.3) is 0 Å². The molecule has 1 aromatic rings. The smallest absolute Gasteiger partial charge is 0.125 e. The van der Waals surface area contributed by atoms with Gasteiger partial charge in [-0.1, -0.05) is 42.8 Å². The van der Waals surface area contributed by atoms with Crippen molar-refractivity contribution in [2.24, 2.45) is 11.8 Å². The molecule has 1 aliphatic carbocycles. The molecule has 0 aliphatic heterocycles. The van der Waals surface area contributed by atoms with Crippen LogP contribution >= 0.6 is 15.9 Å². The molecule has 1 fully saturated rings. The average molecular weight is 354 g/mol. The van der Waals surface area contributed by atoms with Crippen molar-refractivity contribution in [1.29, 1.82) is 0 Å². The second kappa shape index (κ2) is 7.64. The van der Waals surface area contributed by atoms with E-state index in [1.165, 1.54) is 24.8 Å². The SMILES string of the molecule is CCNC(C)c1ccc(Br)cc1OC1CCC(C)C(C)C1. The van der Waals surface area contributed by atoms with Crippen LogP contribution < -0.4 is 10.1 Å². The van der Waals surface area contributed by atoms with Crippen LogP contribution in [0.2, 0.25) is 0 Å². The molecule has 2 nitrogen and oxygen atoms in total. The molecule has 4 atom stereocenters. The van der Waals surface area contributed by atoms with Gasteiger partial charge in [0.25, 0.3) is 0 Å². The lowest BCUT2D eigenvalue weighted by atomic mass is 9.80. The molecule has 0 bridgehead atoms. The highest BCUT2D eigenvalue weighted by Crippen LogP contribution is 2.35. The van der Waals surface area contributed by atoms with Gasteiger partial charge in [-0.15, -0.1) is 0 Å². The molecule has 1 aliphatic rings. The van der Waals surface area contributed by atoms with Crippen LogP contribution in [0.4, 0.5) is 0 Å². The zero-order chi connectivity index (χ0) is 15.4. The summed E-state index contributed by atoms with van der Waals surface area (Å²) < 4.78 is 7.47. The summed E-state index contributed by atoms with van der Waals surface area (Å²) in [6.07, 6.45) is 3.98. The highest BCUT2D eigenvalue weighted by molar-refractivity contribution is 9.10. The van der Waals surface area contributed by atoms with Crippen molar-refractivity contribution in [3.8, 4) is 5.75 Å². The van der Waals surface area contributed by atoms with Crippen molar-refractivity contribution in [2.75, 3.05) is 6.54 Å². The third kappa shape index (κ3) is 4.46. The van der Waals surface area contributed by atoms with Crippen molar-refractivity contribution in [2.45, 2.75) is 59.1 Å². The third-order valence-corrected chi connectivity index (χ3v) is 5.29. The van der Waals surface area contributed by atoms with Crippen molar-refractivity contribution in [3.05, 3.63) is 28.2 Å². The molecule has 4 unspecified atom stereocenters. The average Bonchev–Trinajstić information content (AvgIpc) is 2.43. The maximum Gasteiger partial charge on any atom is 0.125 e. The number of benzene rings is 1. The molecule has 1 saturated carbocycles. The maximum absolute atomic E-state index is 6.38. The predicted molar refractivity (Wildman–Crippen MR) is 92.8 cm³/mol. The van der Waals surface area contributed by atoms with Crippen molar-refractivity contribution in [1.82, 2.24) is 5.32 Å². The largest absolute Gasteiger partial charge is 0.490 e. The van der Waals surface area contributed by atoms with Gasteiger partial charge in [0.1, 0.15) is 5.75 Å². The quantitative estimate of drug-likeness (QED) is 0.772. The van der Waals surface area contributed by atoms with Gasteiger partial charge >= 0.3 is 0 Å². The molecular formula is C18H28BrNO. The molecule has 0 amide bonds. The van der Waals surface area contributed by atoms with E-state index in [0.717, 1.165) is 28.6 Å². The number of nitrogens with one attached hydrogen (secondary N) is 1. The molecule has 118 valence electrons. The lowest BCUT2D eigenvalue weighted by Crippen LogP contribution is -2.29. The second-order valence-electron chi connectivity index (χ2n) is 6.47. The molecule has 2 rings (SSSR count). The van der Waals surface area contributed by atoms with Gasteiger partial charge in [-0.05, 0) is 56.7 Å². The Kier molecular flexibility index (Phi) is 6.12. The van der Waals surface area contributed by atoms with E-state index in [4.69, 9.17) is 4.74 Å². The first-order valence-corrected chi connectivity index (χ1v) is 9.00.